The lowest BCUT2D eigenvalue weighted by Crippen LogP contribution is -2.40. The van der Waals surface area contributed by atoms with Crippen LogP contribution in [-0.4, -0.2) is 27.4 Å². The molecule has 4 rings (SSSR count). The number of anilines is 1. The molecule has 1 aromatic carbocycles. The van der Waals surface area contributed by atoms with Crippen LogP contribution < -0.4 is 4.90 Å². The van der Waals surface area contributed by atoms with Crippen molar-refractivity contribution in [3.8, 4) is 11.4 Å². The maximum atomic E-state index is 5.14. The van der Waals surface area contributed by atoms with Gasteiger partial charge in [-0.25, -0.2) is 4.68 Å². The fourth-order valence-corrected chi connectivity index (χ4v) is 4.78. The van der Waals surface area contributed by atoms with E-state index in [-0.39, 0.29) is 0 Å². The summed E-state index contributed by atoms with van der Waals surface area (Å²) in [5.41, 5.74) is 5.16. The number of aryl methyl sites for hydroxylation is 4. The van der Waals surface area contributed by atoms with Crippen molar-refractivity contribution in [2.75, 3.05) is 11.4 Å². The van der Waals surface area contributed by atoms with Crippen molar-refractivity contribution < 1.29 is 0 Å². The van der Waals surface area contributed by atoms with Crippen LogP contribution in [0.3, 0.4) is 0 Å². The van der Waals surface area contributed by atoms with E-state index in [1.807, 2.05) is 0 Å². The van der Waals surface area contributed by atoms with Gasteiger partial charge in [0.1, 0.15) is 0 Å². The molecule has 4 nitrogen and oxygen atoms in total. The molecule has 0 unspecified atom stereocenters. The predicted octanol–water partition coefficient (Wildman–Crippen LogP) is 5.30. The number of hydrogen-bond acceptors (Lipinski definition) is 3. The summed E-state index contributed by atoms with van der Waals surface area (Å²) in [6.45, 7) is 12.9. The first-order chi connectivity index (χ1) is 13.0. The average molecular weight is 367 g/mol. The second kappa shape index (κ2) is 7.29. The smallest absolute Gasteiger partial charge is 0.245 e. The Balaban J connectivity index is 1.76. The first-order valence-corrected chi connectivity index (χ1v) is 10.8. The Kier molecular flexibility index (Phi) is 5.00. The first-order valence-electron chi connectivity index (χ1n) is 10.8. The SMILES string of the molecule is CCCN(c1nc(-c2c(C)cc(C)cc2C)n(CC)n1)C(C1CC1)C1CC1. The summed E-state index contributed by atoms with van der Waals surface area (Å²) < 4.78 is 2.11. The van der Waals surface area contributed by atoms with Crippen molar-refractivity contribution in [1.82, 2.24) is 14.8 Å². The third-order valence-corrected chi connectivity index (χ3v) is 6.15. The molecule has 0 radical (unpaired) electrons. The Morgan fingerprint density at radius 3 is 2.11 bits per heavy atom. The molecule has 0 aliphatic heterocycles. The molecule has 2 fully saturated rings. The Morgan fingerprint density at radius 1 is 1.04 bits per heavy atom. The fraction of sp³-hybridized carbons (Fsp3) is 0.652. The zero-order valence-electron chi connectivity index (χ0n) is 17.6. The highest BCUT2D eigenvalue weighted by atomic mass is 15.4. The van der Waals surface area contributed by atoms with Gasteiger partial charge in [-0.05, 0) is 82.8 Å². The summed E-state index contributed by atoms with van der Waals surface area (Å²) in [6, 6.07) is 5.18. The van der Waals surface area contributed by atoms with Crippen molar-refractivity contribution in [2.45, 2.75) is 79.3 Å². The Labute approximate surface area is 164 Å². The van der Waals surface area contributed by atoms with Gasteiger partial charge < -0.3 is 4.90 Å². The van der Waals surface area contributed by atoms with Crippen molar-refractivity contribution in [2.24, 2.45) is 11.8 Å². The number of benzene rings is 1. The highest BCUT2D eigenvalue weighted by Crippen LogP contribution is 2.48. The van der Waals surface area contributed by atoms with Crippen molar-refractivity contribution in [3.05, 3.63) is 28.8 Å². The third kappa shape index (κ3) is 3.63. The normalized spacial score (nSPS) is 17.0. The fourth-order valence-electron chi connectivity index (χ4n) is 4.78. The van der Waals surface area contributed by atoms with Crippen LogP contribution in [0.25, 0.3) is 11.4 Å². The standard InChI is InChI=1S/C23H34N4/c1-6-12-26(21(18-8-9-18)19-10-11-19)23-24-22(27(7-2)25-23)20-16(4)13-15(3)14-17(20)5/h13-14,18-19,21H,6-12H2,1-5H3. The molecule has 2 aliphatic carbocycles. The first kappa shape index (κ1) is 18.5. The molecule has 2 saturated carbocycles. The number of aromatic nitrogens is 3. The van der Waals surface area contributed by atoms with E-state index in [1.54, 1.807) is 0 Å². The minimum absolute atomic E-state index is 0.658. The van der Waals surface area contributed by atoms with Gasteiger partial charge in [0.2, 0.25) is 5.95 Å². The molecule has 0 spiro atoms. The van der Waals surface area contributed by atoms with Crippen LogP contribution in [0.5, 0.6) is 0 Å². The lowest BCUT2D eigenvalue weighted by Gasteiger charge is -2.31. The molecule has 146 valence electrons. The second-order valence-electron chi connectivity index (χ2n) is 8.68. The topological polar surface area (TPSA) is 34.0 Å². The average Bonchev–Trinajstić information content (AvgIpc) is 3.54. The maximum absolute atomic E-state index is 5.14. The van der Waals surface area contributed by atoms with Crippen LogP contribution in [0, 0.1) is 32.6 Å². The van der Waals surface area contributed by atoms with Crippen LogP contribution in [0.4, 0.5) is 5.95 Å². The van der Waals surface area contributed by atoms with Gasteiger partial charge in [0, 0.05) is 24.7 Å². The highest BCUT2D eigenvalue weighted by Gasteiger charge is 2.45. The van der Waals surface area contributed by atoms with E-state index in [0.717, 1.165) is 43.1 Å². The second-order valence-corrected chi connectivity index (χ2v) is 8.68. The van der Waals surface area contributed by atoms with E-state index in [1.165, 1.54) is 47.9 Å². The van der Waals surface area contributed by atoms with Crippen molar-refractivity contribution in [1.29, 1.82) is 0 Å². The number of nitrogens with zero attached hydrogens (tertiary/aromatic N) is 4. The lowest BCUT2D eigenvalue weighted by atomic mass is 9.99. The van der Waals surface area contributed by atoms with Crippen molar-refractivity contribution >= 4 is 5.95 Å². The summed E-state index contributed by atoms with van der Waals surface area (Å²) in [6.07, 6.45) is 6.70. The van der Waals surface area contributed by atoms with Gasteiger partial charge in [-0.2, -0.15) is 4.98 Å². The summed E-state index contributed by atoms with van der Waals surface area (Å²) in [5.74, 6) is 3.72. The highest BCUT2D eigenvalue weighted by molar-refractivity contribution is 5.66. The zero-order chi connectivity index (χ0) is 19.1. The zero-order valence-corrected chi connectivity index (χ0v) is 17.6. The van der Waals surface area contributed by atoms with E-state index in [4.69, 9.17) is 10.1 Å². The molecule has 1 heterocycles. The molecule has 0 amide bonds. The Morgan fingerprint density at radius 2 is 1.63 bits per heavy atom. The van der Waals surface area contributed by atoms with Gasteiger partial charge >= 0.3 is 0 Å². The minimum Gasteiger partial charge on any atom is -0.336 e. The van der Waals surface area contributed by atoms with Gasteiger partial charge in [-0.15, -0.1) is 5.10 Å². The van der Waals surface area contributed by atoms with E-state index >= 15 is 0 Å². The summed E-state index contributed by atoms with van der Waals surface area (Å²) in [4.78, 5) is 7.70. The monoisotopic (exact) mass is 366 g/mol. The van der Waals surface area contributed by atoms with E-state index < -0.39 is 0 Å². The molecule has 2 aromatic rings. The van der Waals surface area contributed by atoms with Gasteiger partial charge in [0.05, 0.1) is 0 Å². The Hall–Kier alpha value is -1.84. The summed E-state index contributed by atoms with van der Waals surface area (Å²) in [5, 5.41) is 5.00. The minimum atomic E-state index is 0.658. The van der Waals surface area contributed by atoms with Crippen LogP contribution in [0.15, 0.2) is 12.1 Å². The largest absolute Gasteiger partial charge is 0.336 e. The molecular weight excluding hydrogens is 332 g/mol. The number of rotatable bonds is 8. The predicted molar refractivity (Wildman–Crippen MR) is 112 cm³/mol. The van der Waals surface area contributed by atoms with E-state index in [0.29, 0.717) is 6.04 Å². The van der Waals surface area contributed by atoms with Gasteiger partial charge in [0.25, 0.3) is 0 Å². The molecule has 27 heavy (non-hydrogen) atoms. The summed E-state index contributed by atoms with van der Waals surface area (Å²) in [7, 11) is 0. The molecule has 1 aromatic heterocycles. The van der Waals surface area contributed by atoms with Gasteiger partial charge in [-0.3, -0.25) is 0 Å². The molecular formula is C23H34N4. The summed E-state index contributed by atoms with van der Waals surface area (Å²) >= 11 is 0. The number of hydrogen-bond donors (Lipinski definition) is 0. The van der Waals surface area contributed by atoms with Crippen molar-refractivity contribution in [3.63, 3.8) is 0 Å². The molecule has 0 bridgehead atoms. The van der Waals surface area contributed by atoms with Crippen LogP contribution >= 0.6 is 0 Å². The van der Waals surface area contributed by atoms with Gasteiger partial charge in [-0.1, -0.05) is 24.6 Å². The molecule has 0 atom stereocenters. The van der Waals surface area contributed by atoms with Crippen LogP contribution in [0.1, 0.15) is 62.6 Å². The van der Waals surface area contributed by atoms with Crippen LogP contribution in [0.2, 0.25) is 0 Å². The molecule has 2 aliphatic rings. The van der Waals surface area contributed by atoms with Crippen LogP contribution in [-0.2, 0) is 6.54 Å². The quantitative estimate of drug-likeness (QED) is 0.636. The molecule has 0 saturated heterocycles. The third-order valence-electron chi connectivity index (χ3n) is 6.15. The van der Waals surface area contributed by atoms with Gasteiger partial charge in [0.15, 0.2) is 5.82 Å². The van der Waals surface area contributed by atoms with E-state index in [9.17, 15) is 0 Å². The van der Waals surface area contributed by atoms with E-state index in [2.05, 4.69) is 56.3 Å². The maximum Gasteiger partial charge on any atom is 0.245 e. The Bertz CT molecular complexity index is 779. The lowest BCUT2D eigenvalue weighted by molar-refractivity contribution is 0.468. The molecule has 4 heteroatoms. The molecule has 0 N–H and O–H groups in total.